The lowest BCUT2D eigenvalue weighted by Crippen LogP contribution is -2.04. The molecule has 0 radical (unpaired) electrons. The first-order valence-electron chi connectivity index (χ1n) is 9.43. The largest absolute Gasteiger partial charge is 0.478 e. The van der Waals surface area contributed by atoms with Gasteiger partial charge in [0.05, 0.1) is 17.7 Å². The Morgan fingerprint density at radius 2 is 1.61 bits per heavy atom. The van der Waals surface area contributed by atoms with Crippen molar-refractivity contribution >= 4 is 29.3 Å². The number of carbonyl (C=O) groups excluding carboxylic acids is 2. The number of hydrogen-bond acceptors (Lipinski definition) is 6. The molecule has 0 spiro atoms. The highest BCUT2D eigenvalue weighted by Crippen LogP contribution is 2.24. The minimum absolute atomic E-state index is 0.245. The summed E-state index contributed by atoms with van der Waals surface area (Å²) in [5.41, 5.74) is 3.52. The van der Waals surface area contributed by atoms with E-state index in [0.29, 0.717) is 23.6 Å². The number of para-hydroxylation sites is 2. The highest BCUT2D eigenvalue weighted by molar-refractivity contribution is 5.90. The van der Waals surface area contributed by atoms with Gasteiger partial charge in [0, 0.05) is 11.1 Å². The number of rotatable bonds is 5. The SMILES string of the molecule is CCOC(=O)c1ccc(C=O)cc1.O=C(O)c1ccc(-c2nc3ccccc3o2)cc1. The number of aromatic nitrogens is 1. The van der Waals surface area contributed by atoms with Gasteiger partial charge in [0.2, 0.25) is 5.89 Å². The van der Waals surface area contributed by atoms with Gasteiger partial charge < -0.3 is 14.3 Å². The number of esters is 1. The summed E-state index contributed by atoms with van der Waals surface area (Å²) in [6, 6.07) is 20.2. The molecule has 0 unspecified atom stereocenters. The zero-order valence-electron chi connectivity index (χ0n) is 16.6. The molecule has 4 aromatic rings. The van der Waals surface area contributed by atoms with Crippen LogP contribution in [0.2, 0.25) is 0 Å². The molecule has 1 heterocycles. The number of ether oxygens (including phenoxy) is 1. The van der Waals surface area contributed by atoms with Gasteiger partial charge in [-0.05, 0) is 55.5 Å². The molecular formula is C24H19NO6. The average molecular weight is 417 g/mol. The van der Waals surface area contributed by atoms with E-state index >= 15 is 0 Å². The molecule has 0 saturated carbocycles. The predicted octanol–water partition coefficient (Wildman–Crippen LogP) is 4.87. The van der Waals surface area contributed by atoms with Crippen molar-refractivity contribution in [2.75, 3.05) is 6.61 Å². The quantitative estimate of drug-likeness (QED) is 0.365. The Morgan fingerprint density at radius 1 is 0.968 bits per heavy atom. The van der Waals surface area contributed by atoms with Crippen molar-refractivity contribution in [3.8, 4) is 11.5 Å². The Hall–Kier alpha value is -4.26. The van der Waals surface area contributed by atoms with Crippen LogP contribution in [0.5, 0.6) is 0 Å². The van der Waals surface area contributed by atoms with E-state index < -0.39 is 5.97 Å². The van der Waals surface area contributed by atoms with Crippen molar-refractivity contribution in [1.82, 2.24) is 4.98 Å². The van der Waals surface area contributed by atoms with Crippen molar-refractivity contribution in [2.24, 2.45) is 0 Å². The number of carboxylic acids is 1. The van der Waals surface area contributed by atoms with Gasteiger partial charge in [0.1, 0.15) is 11.8 Å². The van der Waals surface area contributed by atoms with Gasteiger partial charge in [-0.25, -0.2) is 14.6 Å². The molecule has 0 fully saturated rings. The first-order chi connectivity index (χ1) is 15.0. The Balaban J connectivity index is 0.000000187. The lowest BCUT2D eigenvalue weighted by atomic mass is 10.1. The van der Waals surface area contributed by atoms with Gasteiger partial charge in [-0.2, -0.15) is 0 Å². The maximum absolute atomic E-state index is 11.1. The first-order valence-corrected chi connectivity index (χ1v) is 9.43. The summed E-state index contributed by atoms with van der Waals surface area (Å²) < 4.78 is 10.4. The third-order valence-corrected chi connectivity index (χ3v) is 4.23. The monoisotopic (exact) mass is 417 g/mol. The van der Waals surface area contributed by atoms with Gasteiger partial charge >= 0.3 is 11.9 Å². The molecule has 7 heteroatoms. The predicted molar refractivity (Wildman–Crippen MR) is 114 cm³/mol. The van der Waals surface area contributed by atoms with Crippen molar-refractivity contribution in [2.45, 2.75) is 6.92 Å². The number of hydrogen-bond donors (Lipinski definition) is 1. The summed E-state index contributed by atoms with van der Waals surface area (Å²) in [5, 5.41) is 8.82. The van der Waals surface area contributed by atoms with Crippen LogP contribution >= 0.6 is 0 Å². The lowest BCUT2D eigenvalue weighted by Gasteiger charge is -2.00. The summed E-state index contributed by atoms with van der Waals surface area (Å²) in [5.74, 6) is -0.813. The fourth-order valence-electron chi connectivity index (χ4n) is 2.66. The van der Waals surface area contributed by atoms with Crippen LogP contribution in [-0.2, 0) is 4.74 Å². The zero-order chi connectivity index (χ0) is 22.2. The Bertz CT molecular complexity index is 1160. The number of benzene rings is 3. The normalized spacial score (nSPS) is 10.1. The lowest BCUT2D eigenvalue weighted by molar-refractivity contribution is 0.0525. The number of nitrogens with zero attached hydrogens (tertiary/aromatic N) is 1. The second-order valence-electron chi connectivity index (χ2n) is 6.33. The smallest absolute Gasteiger partial charge is 0.338 e. The Kier molecular flexibility index (Phi) is 6.90. The molecule has 1 N–H and O–H groups in total. The molecule has 3 aromatic carbocycles. The molecule has 1 aromatic heterocycles. The Morgan fingerprint density at radius 3 is 2.19 bits per heavy atom. The van der Waals surface area contributed by atoms with Crippen molar-refractivity contribution in [3.05, 3.63) is 89.5 Å². The zero-order valence-corrected chi connectivity index (χ0v) is 16.6. The molecule has 0 amide bonds. The van der Waals surface area contributed by atoms with Gasteiger partial charge in [0.25, 0.3) is 0 Å². The van der Waals surface area contributed by atoms with Gasteiger partial charge in [-0.15, -0.1) is 0 Å². The third kappa shape index (κ3) is 5.42. The third-order valence-electron chi connectivity index (χ3n) is 4.23. The molecule has 0 saturated heterocycles. The molecule has 7 nitrogen and oxygen atoms in total. The summed E-state index contributed by atoms with van der Waals surface area (Å²) in [6.45, 7) is 2.10. The van der Waals surface area contributed by atoms with Gasteiger partial charge in [-0.3, -0.25) is 4.79 Å². The fourth-order valence-corrected chi connectivity index (χ4v) is 2.66. The van der Waals surface area contributed by atoms with Crippen molar-refractivity contribution in [1.29, 1.82) is 0 Å². The maximum Gasteiger partial charge on any atom is 0.338 e. The van der Waals surface area contributed by atoms with E-state index in [1.165, 1.54) is 12.1 Å². The minimum Gasteiger partial charge on any atom is -0.478 e. The number of aromatic carboxylic acids is 1. The molecule has 0 aliphatic rings. The van der Waals surface area contributed by atoms with E-state index in [-0.39, 0.29) is 11.5 Å². The highest BCUT2D eigenvalue weighted by atomic mass is 16.5. The topological polar surface area (TPSA) is 107 Å². The van der Waals surface area contributed by atoms with E-state index in [1.54, 1.807) is 43.3 Å². The summed E-state index contributed by atoms with van der Waals surface area (Å²) in [4.78, 5) is 36.5. The maximum atomic E-state index is 11.1. The number of oxazole rings is 1. The average Bonchev–Trinajstić information content (AvgIpc) is 3.24. The number of fused-ring (bicyclic) bond motifs is 1. The van der Waals surface area contributed by atoms with Crippen LogP contribution in [0.1, 0.15) is 38.0 Å². The number of aldehydes is 1. The van der Waals surface area contributed by atoms with Gasteiger partial charge in [-0.1, -0.05) is 24.3 Å². The minimum atomic E-state index is -0.945. The summed E-state index contributed by atoms with van der Waals surface area (Å²) >= 11 is 0. The molecular weight excluding hydrogens is 398 g/mol. The summed E-state index contributed by atoms with van der Waals surface area (Å²) in [7, 11) is 0. The molecule has 0 aliphatic carbocycles. The molecule has 0 aliphatic heterocycles. The van der Waals surface area contributed by atoms with E-state index in [0.717, 1.165) is 22.9 Å². The molecule has 31 heavy (non-hydrogen) atoms. The van der Waals surface area contributed by atoms with Crippen LogP contribution in [0.25, 0.3) is 22.6 Å². The first kappa shape index (κ1) is 21.4. The van der Waals surface area contributed by atoms with E-state index in [2.05, 4.69) is 4.98 Å². The molecule has 0 bridgehead atoms. The number of carboxylic acid groups (broad SMARTS) is 1. The van der Waals surface area contributed by atoms with E-state index in [9.17, 15) is 14.4 Å². The molecule has 156 valence electrons. The number of carbonyl (C=O) groups is 3. The van der Waals surface area contributed by atoms with Crippen LogP contribution in [0.15, 0.2) is 77.2 Å². The standard InChI is InChI=1S/C14H9NO3.C10H10O3/c16-14(17)10-7-5-9(6-8-10)13-15-11-3-1-2-4-12(11)18-13;1-2-13-10(12)9-5-3-8(7-11)4-6-9/h1-8H,(H,16,17);3-7H,2H2,1H3. The van der Waals surface area contributed by atoms with Crippen LogP contribution in [-0.4, -0.2) is 34.9 Å². The van der Waals surface area contributed by atoms with Crippen LogP contribution in [0.4, 0.5) is 0 Å². The molecule has 0 atom stereocenters. The van der Waals surface area contributed by atoms with Crippen molar-refractivity contribution < 1.29 is 28.6 Å². The Labute approximate surface area is 177 Å². The van der Waals surface area contributed by atoms with Crippen LogP contribution in [0.3, 0.4) is 0 Å². The second kappa shape index (κ2) is 9.98. The fraction of sp³-hybridized carbons (Fsp3) is 0.0833. The van der Waals surface area contributed by atoms with E-state index in [1.807, 2.05) is 24.3 Å². The van der Waals surface area contributed by atoms with Crippen molar-refractivity contribution in [3.63, 3.8) is 0 Å². The van der Waals surface area contributed by atoms with Crippen LogP contribution < -0.4 is 0 Å². The second-order valence-corrected chi connectivity index (χ2v) is 6.33. The summed E-state index contributed by atoms with van der Waals surface area (Å²) in [6.07, 6.45) is 0.731. The highest BCUT2D eigenvalue weighted by Gasteiger charge is 2.09. The van der Waals surface area contributed by atoms with Crippen LogP contribution in [0, 0.1) is 0 Å². The van der Waals surface area contributed by atoms with Gasteiger partial charge in [0.15, 0.2) is 5.58 Å². The molecule has 4 rings (SSSR count). The van der Waals surface area contributed by atoms with E-state index in [4.69, 9.17) is 14.3 Å².